The van der Waals surface area contributed by atoms with Crippen LogP contribution in [0, 0.1) is 6.92 Å². The highest BCUT2D eigenvalue weighted by Gasteiger charge is 2.02. The molecule has 0 amide bonds. The van der Waals surface area contributed by atoms with E-state index in [4.69, 9.17) is 0 Å². The zero-order chi connectivity index (χ0) is 13.0. The minimum absolute atomic E-state index is 0.300. The maximum absolute atomic E-state index is 11.3. The second-order valence-corrected chi connectivity index (χ2v) is 4.50. The van der Waals surface area contributed by atoms with E-state index < -0.39 is 0 Å². The number of benzene rings is 1. The highest BCUT2D eigenvalue weighted by molar-refractivity contribution is 9.10. The molecular weight excluding hydrogens is 296 g/mol. The standard InChI is InChI=1S/C12H11BrN4O/c1-8-3-2-4-9(5-8)6-14-16-10-7-15-17-12(18)11(10)13/h2-7H,1H3,(H2,16,17,18). The number of hydrogen-bond acceptors (Lipinski definition) is 4. The number of anilines is 1. The summed E-state index contributed by atoms with van der Waals surface area (Å²) in [6.07, 6.45) is 3.17. The van der Waals surface area contributed by atoms with Gasteiger partial charge in [0.2, 0.25) is 0 Å². The first-order chi connectivity index (χ1) is 8.66. The van der Waals surface area contributed by atoms with E-state index in [1.165, 1.54) is 6.20 Å². The van der Waals surface area contributed by atoms with E-state index in [9.17, 15) is 4.79 Å². The molecule has 5 nitrogen and oxygen atoms in total. The quantitative estimate of drug-likeness (QED) is 0.675. The summed E-state index contributed by atoms with van der Waals surface area (Å²) in [4.78, 5) is 11.3. The van der Waals surface area contributed by atoms with Gasteiger partial charge in [0.25, 0.3) is 5.56 Å². The predicted octanol–water partition coefficient (Wildman–Crippen LogP) is 2.29. The lowest BCUT2D eigenvalue weighted by molar-refractivity contribution is 0.977. The largest absolute Gasteiger partial charge is 0.280 e. The first-order valence-electron chi connectivity index (χ1n) is 5.26. The van der Waals surface area contributed by atoms with E-state index in [-0.39, 0.29) is 5.56 Å². The van der Waals surface area contributed by atoms with E-state index in [0.29, 0.717) is 10.2 Å². The van der Waals surface area contributed by atoms with Crippen molar-refractivity contribution < 1.29 is 0 Å². The molecule has 0 bridgehead atoms. The van der Waals surface area contributed by atoms with Crippen molar-refractivity contribution >= 4 is 27.8 Å². The van der Waals surface area contributed by atoms with Gasteiger partial charge in [0.15, 0.2) is 0 Å². The first kappa shape index (κ1) is 12.5. The molecule has 92 valence electrons. The van der Waals surface area contributed by atoms with Crippen LogP contribution >= 0.6 is 15.9 Å². The molecule has 0 aliphatic heterocycles. The summed E-state index contributed by atoms with van der Waals surface area (Å²) in [6, 6.07) is 7.93. The van der Waals surface area contributed by atoms with E-state index >= 15 is 0 Å². The Bertz CT molecular complexity index is 636. The summed E-state index contributed by atoms with van der Waals surface area (Å²) in [7, 11) is 0. The average Bonchev–Trinajstić information content (AvgIpc) is 2.35. The molecule has 6 heteroatoms. The van der Waals surface area contributed by atoms with Gasteiger partial charge in [-0.25, -0.2) is 5.10 Å². The third-order valence-electron chi connectivity index (χ3n) is 2.24. The van der Waals surface area contributed by atoms with Gasteiger partial charge in [0, 0.05) is 0 Å². The van der Waals surface area contributed by atoms with Crippen LogP contribution < -0.4 is 11.0 Å². The van der Waals surface area contributed by atoms with Crippen molar-refractivity contribution in [3.63, 3.8) is 0 Å². The Balaban J connectivity index is 2.12. The minimum Gasteiger partial charge on any atom is -0.275 e. The fourth-order valence-corrected chi connectivity index (χ4v) is 1.67. The molecule has 0 radical (unpaired) electrons. The molecule has 0 aliphatic rings. The van der Waals surface area contributed by atoms with Crippen LogP contribution in [-0.2, 0) is 0 Å². The molecule has 1 aromatic carbocycles. The van der Waals surface area contributed by atoms with Crippen molar-refractivity contribution in [2.45, 2.75) is 6.92 Å². The fourth-order valence-electron chi connectivity index (χ4n) is 1.39. The molecule has 0 spiro atoms. The number of hydrogen-bond donors (Lipinski definition) is 2. The number of H-pyrrole nitrogens is 1. The van der Waals surface area contributed by atoms with Crippen molar-refractivity contribution in [1.29, 1.82) is 0 Å². The lowest BCUT2D eigenvalue weighted by Gasteiger charge is -2.01. The first-order valence-corrected chi connectivity index (χ1v) is 6.05. The van der Waals surface area contributed by atoms with Crippen molar-refractivity contribution in [2.24, 2.45) is 5.10 Å². The Morgan fingerprint density at radius 3 is 3.11 bits per heavy atom. The van der Waals surface area contributed by atoms with Crippen LogP contribution in [0.4, 0.5) is 5.69 Å². The average molecular weight is 307 g/mol. The number of halogens is 1. The zero-order valence-electron chi connectivity index (χ0n) is 9.64. The molecule has 0 unspecified atom stereocenters. The SMILES string of the molecule is Cc1cccc(C=NNc2cn[nH]c(=O)c2Br)c1. The number of nitrogens with one attached hydrogen (secondary N) is 2. The number of nitrogens with zero attached hydrogens (tertiary/aromatic N) is 2. The molecule has 0 atom stereocenters. The summed E-state index contributed by atoms with van der Waals surface area (Å²) >= 11 is 3.16. The number of aryl methyl sites for hydroxylation is 1. The Kier molecular flexibility index (Phi) is 3.88. The molecule has 1 aromatic heterocycles. The summed E-state index contributed by atoms with van der Waals surface area (Å²) < 4.78 is 0.374. The number of rotatable bonds is 3. The maximum atomic E-state index is 11.3. The molecule has 0 saturated carbocycles. The van der Waals surface area contributed by atoms with Gasteiger partial charge in [-0.1, -0.05) is 29.8 Å². The molecule has 2 rings (SSSR count). The monoisotopic (exact) mass is 306 g/mol. The Morgan fingerprint density at radius 2 is 2.33 bits per heavy atom. The second-order valence-electron chi connectivity index (χ2n) is 3.71. The van der Waals surface area contributed by atoms with Crippen LogP contribution in [0.15, 0.2) is 44.8 Å². The second kappa shape index (κ2) is 5.59. The summed E-state index contributed by atoms with van der Waals surface area (Å²) in [5.74, 6) is 0. The van der Waals surface area contributed by atoms with E-state index in [1.807, 2.05) is 31.2 Å². The summed E-state index contributed by atoms with van der Waals surface area (Å²) in [5, 5.41) is 10.0. The smallest absolute Gasteiger partial charge is 0.275 e. The molecule has 0 saturated heterocycles. The van der Waals surface area contributed by atoms with Gasteiger partial charge in [0.05, 0.1) is 18.1 Å². The van der Waals surface area contributed by atoms with Gasteiger partial charge in [-0.05, 0) is 28.4 Å². The van der Waals surface area contributed by atoms with Crippen molar-refractivity contribution in [2.75, 3.05) is 5.43 Å². The van der Waals surface area contributed by atoms with Crippen LogP contribution in [0.1, 0.15) is 11.1 Å². The Labute approximate surface area is 112 Å². The van der Waals surface area contributed by atoms with Crippen LogP contribution in [0.2, 0.25) is 0 Å². The van der Waals surface area contributed by atoms with Gasteiger partial charge >= 0.3 is 0 Å². The van der Waals surface area contributed by atoms with Gasteiger partial charge in [-0.2, -0.15) is 10.2 Å². The van der Waals surface area contributed by atoms with Gasteiger partial charge in [-0.15, -0.1) is 0 Å². The summed E-state index contributed by atoms with van der Waals surface area (Å²) in [5.41, 5.74) is 5.13. The number of aromatic amines is 1. The van der Waals surface area contributed by atoms with Crippen molar-refractivity contribution in [3.8, 4) is 0 Å². The number of hydrazone groups is 1. The number of aromatic nitrogens is 2. The van der Waals surface area contributed by atoms with Crippen LogP contribution in [0.3, 0.4) is 0 Å². The van der Waals surface area contributed by atoms with Gasteiger partial charge < -0.3 is 0 Å². The minimum atomic E-state index is -0.300. The topological polar surface area (TPSA) is 70.1 Å². The zero-order valence-corrected chi connectivity index (χ0v) is 11.2. The fraction of sp³-hybridized carbons (Fsp3) is 0.0833. The lowest BCUT2D eigenvalue weighted by atomic mass is 10.2. The summed E-state index contributed by atoms with van der Waals surface area (Å²) in [6.45, 7) is 2.02. The molecule has 2 aromatic rings. The third-order valence-corrected chi connectivity index (χ3v) is 3.02. The highest BCUT2D eigenvalue weighted by Crippen LogP contribution is 2.14. The molecule has 2 N–H and O–H groups in total. The highest BCUT2D eigenvalue weighted by atomic mass is 79.9. The normalized spacial score (nSPS) is 10.8. The van der Waals surface area contributed by atoms with E-state index in [1.54, 1.807) is 6.21 Å². The lowest BCUT2D eigenvalue weighted by Crippen LogP contribution is -2.10. The van der Waals surface area contributed by atoms with Crippen LogP contribution in [0.25, 0.3) is 0 Å². The maximum Gasteiger partial charge on any atom is 0.280 e. The van der Waals surface area contributed by atoms with Crippen LogP contribution in [-0.4, -0.2) is 16.4 Å². The molecular formula is C12H11BrN4O. The third kappa shape index (κ3) is 3.04. The molecule has 1 heterocycles. The van der Waals surface area contributed by atoms with E-state index in [2.05, 4.69) is 36.7 Å². The van der Waals surface area contributed by atoms with Crippen molar-refractivity contribution in [3.05, 3.63) is 56.4 Å². The Hall–Kier alpha value is -1.95. The molecule has 0 aliphatic carbocycles. The molecule has 18 heavy (non-hydrogen) atoms. The van der Waals surface area contributed by atoms with Gasteiger partial charge in [-0.3, -0.25) is 10.2 Å². The van der Waals surface area contributed by atoms with E-state index in [0.717, 1.165) is 11.1 Å². The Morgan fingerprint density at radius 1 is 1.50 bits per heavy atom. The van der Waals surface area contributed by atoms with Crippen LogP contribution in [0.5, 0.6) is 0 Å². The molecule has 0 fully saturated rings. The predicted molar refractivity (Wildman–Crippen MR) is 75.0 cm³/mol. The van der Waals surface area contributed by atoms with Crippen molar-refractivity contribution in [1.82, 2.24) is 10.2 Å². The van der Waals surface area contributed by atoms with Gasteiger partial charge in [0.1, 0.15) is 4.47 Å².